The van der Waals surface area contributed by atoms with Crippen molar-refractivity contribution in [3.05, 3.63) is 29.0 Å². The van der Waals surface area contributed by atoms with Crippen LogP contribution in [0.15, 0.2) is 18.3 Å². The molecule has 1 atom stereocenters. The number of rotatable bonds is 3. The van der Waals surface area contributed by atoms with Gasteiger partial charge in [-0.1, -0.05) is 11.6 Å². The van der Waals surface area contributed by atoms with Crippen LogP contribution in [0.25, 0.3) is 11.3 Å². The molecule has 0 bridgehead atoms. The van der Waals surface area contributed by atoms with E-state index in [0.717, 1.165) is 12.1 Å². The van der Waals surface area contributed by atoms with Gasteiger partial charge in [-0.2, -0.15) is 5.10 Å². The molecule has 2 N–H and O–H groups in total. The normalized spacial score (nSPS) is 22.7. The Bertz CT molecular complexity index is 892. The topological polar surface area (TPSA) is 77.0 Å². The van der Waals surface area contributed by atoms with Crippen molar-refractivity contribution in [3.8, 4) is 11.3 Å². The summed E-state index contributed by atoms with van der Waals surface area (Å²) in [6.45, 7) is 0.639. The Labute approximate surface area is 160 Å². The highest BCUT2D eigenvalue weighted by Gasteiger charge is 2.48. The Morgan fingerprint density at radius 2 is 2.07 bits per heavy atom. The first-order chi connectivity index (χ1) is 12.7. The molecule has 0 spiro atoms. The average Bonchev–Trinajstić information content (AvgIpc) is 3.02. The number of nitrogens with zero attached hydrogens (tertiary/aromatic N) is 4. The van der Waals surface area contributed by atoms with E-state index >= 15 is 0 Å². The molecular weight excluding hydrogens is 376 g/mol. The molecule has 1 aliphatic heterocycles. The first-order valence-electron chi connectivity index (χ1n) is 8.86. The summed E-state index contributed by atoms with van der Waals surface area (Å²) in [7, 11) is 1.77. The number of piperidine rings is 1. The third kappa shape index (κ3) is 3.38. The number of anilines is 1. The van der Waals surface area contributed by atoms with Gasteiger partial charge in [0.05, 0.1) is 16.8 Å². The average molecular weight is 396 g/mol. The lowest BCUT2D eigenvalue weighted by Crippen LogP contribution is -2.40. The number of carbonyl (C=O) groups is 1. The molecule has 2 aliphatic rings. The Morgan fingerprint density at radius 1 is 1.33 bits per heavy atom. The zero-order valence-corrected chi connectivity index (χ0v) is 15.6. The fourth-order valence-corrected chi connectivity index (χ4v) is 3.90. The Hall–Kier alpha value is -2.22. The standard InChI is InChI=1S/C18H20ClF2N5O/c1-25-3-2-10(5-16(25)27)15-6-14(11-4-13(19)17(22)23-9-11)24-26(15)12-7-18(20,21)8-12/h4,6,9-10,12H,2-3,5,7-8H2,1H3,(H2,22,23). The minimum Gasteiger partial charge on any atom is -0.382 e. The number of pyridine rings is 1. The zero-order chi connectivity index (χ0) is 19.3. The molecule has 1 saturated carbocycles. The predicted molar refractivity (Wildman–Crippen MR) is 97.7 cm³/mol. The maximum absolute atomic E-state index is 13.4. The lowest BCUT2D eigenvalue weighted by Gasteiger charge is -2.37. The summed E-state index contributed by atoms with van der Waals surface area (Å²) in [4.78, 5) is 17.9. The van der Waals surface area contributed by atoms with E-state index in [9.17, 15) is 13.6 Å². The van der Waals surface area contributed by atoms with Gasteiger partial charge in [-0.3, -0.25) is 9.48 Å². The van der Waals surface area contributed by atoms with Gasteiger partial charge >= 0.3 is 0 Å². The number of nitrogens with two attached hydrogens (primary N) is 1. The van der Waals surface area contributed by atoms with Gasteiger partial charge in [0.2, 0.25) is 5.91 Å². The van der Waals surface area contributed by atoms with Crippen LogP contribution in [0.1, 0.15) is 43.3 Å². The largest absolute Gasteiger partial charge is 0.382 e. The van der Waals surface area contributed by atoms with Crippen molar-refractivity contribution in [3.63, 3.8) is 0 Å². The van der Waals surface area contributed by atoms with Gasteiger partial charge in [-0.25, -0.2) is 13.8 Å². The summed E-state index contributed by atoms with van der Waals surface area (Å²) >= 11 is 6.06. The number of nitrogen functional groups attached to an aromatic ring is 1. The van der Waals surface area contributed by atoms with Gasteiger partial charge in [-0.15, -0.1) is 0 Å². The van der Waals surface area contributed by atoms with Crippen LogP contribution in [0.4, 0.5) is 14.6 Å². The lowest BCUT2D eigenvalue weighted by atomic mass is 9.86. The number of alkyl halides is 2. The van der Waals surface area contributed by atoms with E-state index < -0.39 is 5.92 Å². The second-order valence-corrected chi connectivity index (χ2v) is 7.82. The molecule has 2 aromatic rings. The summed E-state index contributed by atoms with van der Waals surface area (Å²) in [5.74, 6) is -2.42. The highest BCUT2D eigenvalue weighted by atomic mass is 35.5. The molecule has 1 aliphatic carbocycles. The second-order valence-electron chi connectivity index (χ2n) is 7.41. The van der Waals surface area contributed by atoms with Gasteiger partial charge in [0, 0.05) is 56.2 Å². The lowest BCUT2D eigenvalue weighted by molar-refractivity contribution is -0.132. The third-order valence-corrected chi connectivity index (χ3v) is 5.73. The molecular formula is C18H20ClF2N5O. The number of amides is 1. The highest BCUT2D eigenvalue weighted by molar-refractivity contribution is 6.33. The van der Waals surface area contributed by atoms with Crippen molar-refractivity contribution in [2.45, 2.75) is 43.6 Å². The van der Waals surface area contributed by atoms with Gasteiger partial charge in [0.15, 0.2) is 0 Å². The van der Waals surface area contributed by atoms with Crippen molar-refractivity contribution < 1.29 is 13.6 Å². The fourth-order valence-electron chi connectivity index (χ4n) is 3.73. The van der Waals surface area contributed by atoms with Crippen molar-refractivity contribution >= 4 is 23.3 Å². The fraction of sp³-hybridized carbons (Fsp3) is 0.500. The third-order valence-electron chi connectivity index (χ3n) is 5.42. The monoisotopic (exact) mass is 395 g/mol. The molecule has 3 heterocycles. The quantitative estimate of drug-likeness (QED) is 0.863. The first kappa shape index (κ1) is 18.2. The molecule has 2 aromatic heterocycles. The van der Waals surface area contributed by atoms with E-state index in [1.54, 1.807) is 28.9 Å². The number of hydrogen-bond acceptors (Lipinski definition) is 4. The van der Waals surface area contributed by atoms with Crippen molar-refractivity contribution in [2.24, 2.45) is 0 Å². The summed E-state index contributed by atoms with van der Waals surface area (Å²) in [5, 5.41) is 4.89. The maximum Gasteiger partial charge on any atom is 0.252 e. The minimum atomic E-state index is -2.65. The van der Waals surface area contributed by atoms with Gasteiger partial charge in [0.1, 0.15) is 5.82 Å². The molecule has 144 valence electrons. The highest BCUT2D eigenvalue weighted by Crippen LogP contribution is 2.47. The first-order valence-corrected chi connectivity index (χ1v) is 9.24. The molecule has 1 unspecified atom stereocenters. The zero-order valence-electron chi connectivity index (χ0n) is 14.8. The van der Waals surface area contributed by atoms with Crippen LogP contribution in [0, 0.1) is 0 Å². The van der Waals surface area contributed by atoms with Crippen molar-refractivity contribution in [1.82, 2.24) is 19.7 Å². The molecule has 4 rings (SSSR count). The summed E-state index contributed by atoms with van der Waals surface area (Å²) in [6, 6.07) is 3.16. The molecule has 27 heavy (non-hydrogen) atoms. The number of carbonyl (C=O) groups excluding carboxylic acids is 1. The van der Waals surface area contributed by atoms with E-state index in [2.05, 4.69) is 10.1 Å². The van der Waals surface area contributed by atoms with Crippen LogP contribution in [0.5, 0.6) is 0 Å². The van der Waals surface area contributed by atoms with E-state index in [4.69, 9.17) is 17.3 Å². The predicted octanol–water partition coefficient (Wildman–Crippen LogP) is 3.49. The van der Waals surface area contributed by atoms with Crippen LogP contribution >= 0.6 is 11.6 Å². The number of hydrogen-bond donors (Lipinski definition) is 1. The summed E-state index contributed by atoms with van der Waals surface area (Å²) in [6.07, 6.45) is 2.22. The molecule has 0 radical (unpaired) electrons. The molecule has 2 fully saturated rings. The van der Waals surface area contributed by atoms with Gasteiger partial charge in [-0.05, 0) is 18.6 Å². The number of halogens is 3. The number of aromatic nitrogens is 3. The van der Waals surface area contributed by atoms with Crippen LogP contribution in [-0.4, -0.2) is 45.1 Å². The van der Waals surface area contributed by atoms with Crippen LogP contribution in [-0.2, 0) is 4.79 Å². The Balaban J connectivity index is 1.71. The Kier molecular flexibility index (Phi) is 4.33. The smallest absolute Gasteiger partial charge is 0.252 e. The molecule has 6 nitrogen and oxygen atoms in total. The van der Waals surface area contributed by atoms with E-state index in [1.807, 2.05) is 6.07 Å². The molecule has 0 aromatic carbocycles. The molecule has 1 amide bonds. The van der Waals surface area contributed by atoms with Gasteiger partial charge in [0.25, 0.3) is 5.92 Å². The number of likely N-dealkylation sites (tertiary alicyclic amines) is 1. The minimum absolute atomic E-state index is 0.0404. The van der Waals surface area contributed by atoms with Crippen molar-refractivity contribution in [2.75, 3.05) is 19.3 Å². The molecule has 9 heteroatoms. The SMILES string of the molecule is CN1CCC(c2cc(-c3cnc(N)c(Cl)c3)nn2C2CC(F)(F)C2)CC1=O. The van der Waals surface area contributed by atoms with Crippen LogP contribution in [0.3, 0.4) is 0 Å². The van der Waals surface area contributed by atoms with E-state index in [0.29, 0.717) is 29.2 Å². The summed E-state index contributed by atoms with van der Waals surface area (Å²) < 4.78 is 28.6. The molecule has 1 saturated heterocycles. The van der Waals surface area contributed by atoms with Crippen LogP contribution < -0.4 is 5.73 Å². The van der Waals surface area contributed by atoms with E-state index in [-0.39, 0.29) is 36.5 Å². The Morgan fingerprint density at radius 3 is 2.70 bits per heavy atom. The van der Waals surface area contributed by atoms with Gasteiger partial charge < -0.3 is 10.6 Å². The van der Waals surface area contributed by atoms with Crippen LogP contribution in [0.2, 0.25) is 5.02 Å². The second kappa shape index (κ2) is 6.44. The summed E-state index contributed by atoms with van der Waals surface area (Å²) in [5.41, 5.74) is 7.75. The van der Waals surface area contributed by atoms with E-state index in [1.165, 1.54) is 0 Å². The van der Waals surface area contributed by atoms with Crippen molar-refractivity contribution in [1.29, 1.82) is 0 Å². The maximum atomic E-state index is 13.4.